The Balaban J connectivity index is 2.71. The zero-order valence-electron chi connectivity index (χ0n) is 8.25. The van der Waals surface area contributed by atoms with Crippen LogP contribution in [-0.4, -0.2) is 66.7 Å². The predicted octanol–water partition coefficient (Wildman–Crippen LogP) is -2.34. The Labute approximate surface area is 82.4 Å². The Morgan fingerprint density at radius 1 is 1.36 bits per heavy atom. The first-order valence-corrected chi connectivity index (χ1v) is 4.48. The molecule has 4 N–H and O–H groups in total. The van der Waals surface area contributed by atoms with E-state index in [0.717, 1.165) is 0 Å². The molecule has 0 aromatic heterocycles. The molecular formula is C8H17NO5. The number of likely N-dealkylation sites (N-methyl/N-ethyl adjacent to an activating group) is 1. The van der Waals surface area contributed by atoms with E-state index in [1.165, 1.54) is 7.11 Å². The fourth-order valence-corrected chi connectivity index (χ4v) is 1.59. The first-order valence-electron chi connectivity index (χ1n) is 4.48. The van der Waals surface area contributed by atoms with Gasteiger partial charge in [-0.05, 0) is 7.05 Å². The van der Waals surface area contributed by atoms with E-state index in [2.05, 4.69) is 5.32 Å². The maximum absolute atomic E-state index is 9.66. The van der Waals surface area contributed by atoms with Crippen molar-refractivity contribution in [2.45, 2.75) is 30.6 Å². The summed E-state index contributed by atoms with van der Waals surface area (Å²) in [6.45, 7) is -0.353. The molecule has 0 radical (unpaired) electrons. The van der Waals surface area contributed by atoms with Crippen molar-refractivity contribution in [2.75, 3.05) is 20.8 Å². The zero-order valence-corrected chi connectivity index (χ0v) is 8.25. The Morgan fingerprint density at radius 2 is 2.00 bits per heavy atom. The third-order valence-electron chi connectivity index (χ3n) is 2.45. The lowest BCUT2D eigenvalue weighted by Gasteiger charge is -2.41. The molecule has 1 aliphatic heterocycles. The number of ether oxygens (including phenoxy) is 2. The fourth-order valence-electron chi connectivity index (χ4n) is 1.59. The topological polar surface area (TPSA) is 91.2 Å². The fraction of sp³-hybridized carbons (Fsp3) is 1.00. The smallest absolute Gasteiger partial charge is 0.175 e. The van der Waals surface area contributed by atoms with Crippen LogP contribution in [0.25, 0.3) is 0 Å². The third kappa shape index (κ3) is 2.05. The lowest BCUT2D eigenvalue weighted by Crippen LogP contribution is -2.63. The molecule has 0 aromatic carbocycles. The van der Waals surface area contributed by atoms with Crippen LogP contribution in [0.2, 0.25) is 0 Å². The lowest BCUT2D eigenvalue weighted by molar-refractivity contribution is -0.262. The van der Waals surface area contributed by atoms with Crippen LogP contribution >= 0.6 is 0 Å². The second-order valence-corrected chi connectivity index (χ2v) is 3.26. The van der Waals surface area contributed by atoms with Gasteiger partial charge in [-0.3, -0.25) is 0 Å². The molecule has 1 rings (SSSR count). The van der Waals surface area contributed by atoms with E-state index < -0.39 is 30.6 Å². The van der Waals surface area contributed by atoms with E-state index in [-0.39, 0.29) is 6.61 Å². The molecule has 84 valence electrons. The van der Waals surface area contributed by atoms with Gasteiger partial charge in [0.1, 0.15) is 18.3 Å². The first kappa shape index (κ1) is 11.8. The molecule has 0 amide bonds. The standard InChI is InChI=1S/C8H17NO5/c1-9-5-7(12)6(11)4(3-10)14-8(5)13-2/h4-12H,3H2,1-2H3. The molecule has 0 aromatic rings. The molecule has 14 heavy (non-hydrogen) atoms. The van der Waals surface area contributed by atoms with E-state index >= 15 is 0 Å². The van der Waals surface area contributed by atoms with Gasteiger partial charge in [-0.15, -0.1) is 0 Å². The van der Waals surface area contributed by atoms with Crippen LogP contribution in [0.3, 0.4) is 0 Å². The molecule has 1 aliphatic rings. The van der Waals surface area contributed by atoms with Gasteiger partial charge >= 0.3 is 0 Å². The van der Waals surface area contributed by atoms with Gasteiger partial charge in [0.2, 0.25) is 0 Å². The average Bonchev–Trinajstić information content (AvgIpc) is 2.21. The minimum atomic E-state index is -1.11. The highest BCUT2D eigenvalue weighted by Gasteiger charge is 2.43. The van der Waals surface area contributed by atoms with Crippen molar-refractivity contribution in [2.24, 2.45) is 0 Å². The van der Waals surface area contributed by atoms with E-state index in [9.17, 15) is 10.2 Å². The highest BCUT2D eigenvalue weighted by Crippen LogP contribution is 2.21. The summed E-state index contributed by atoms with van der Waals surface area (Å²) in [6, 6.07) is -0.502. The second-order valence-electron chi connectivity index (χ2n) is 3.26. The Kier molecular flexibility index (Phi) is 4.24. The summed E-state index contributed by atoms with van der Waals surface area (Å²) in [5.41, 5.74) is 0. The minimum absolute atomic E-state index is 0.353. The molecule has 5 atom stereocenters. The molecule has 1 saturated heterocycles. The minimum Gasteiger partial charge on any atom is -0.394 e. The summed E-state index contributed by atoms with van der Waals surface area (Å²) in [5.74, 6) is 0. The van der Waals surface area contributed by atoms with Crippen molar-refractivity contribution < 1.29 is 24.8 Å². The quantitative estimate of drug-likeness (QED) is 0.414. The van der Waals surface area contributed by atoms with E-state index in [4.69, 9.17) is 14.6 Å². The number of aliphatic hydroxyl groups excluding tert-OH is 3. The molecule has 0 bridgehead atoms. The van der Waals surface area contributed by atoms with Crippen molar-refractivity contribution in [1.82, 2.24) is 5.32 Å². The predicted molar refractivity (Wildman–Crippen MR) is 47.6 cm³/mol. The maximum atomic E-state index is 9.66. The zero-order chi connectivity index (χ0) is 10.7. The van der Waals surface area contributed by atoms with Crippen LogP contribution in [0.1, 0.15) is 0 Å². The normalized spacial score (nSPS) is 43.9. The molecule has 6 nitrogen and oxygen atoms in total. The van der Waals surface area contributed by atoms with Crippen LogP contribution in [0.4, 0.5) is 0 Å². The molecular weight excluding hydrogens is 190 g/mol. The number of aliphatic hydroxyl groups is 3. The van der Waals surface area contributed by atoms with Crippen molar-refractivity contribution in [1.29, 1.82) is 0 Å². The molecule has 1 heterocycles. The summed E-state index contributed by atoms with van der Waals surface area (Å²) < 4.78 is 10.2. The van der Waals surface area contributed by atoms with Crippen molar-refractivity contribution in [3.63, 3.8) is 0 Å². The van der Waals surface area contributed by atoms with Crippen LogP contribution in [0.15, 0.2) is 0 Å². The van der Waals surface area contributed by atoms with Gasteiger partial charge in [0.05, 0.1) is 12.6 Å². The second kappa shape index (κ2) is 5.01. The number of methoxy groups -OCH3 is 1. The summed E-state index contributed by atoms with van der Waals surface area (Å²) >= 11 is 0. The molecule has 0 spiro atoms. The first-order chi connectivity index (χ1) is 6.65. The Bertz CT molecular complexity index is 177. The highest BCUT2D eigenvalue weighted by atomic mass is 16.7. The van der Waals surface area contributed by atoms with Gasteiger partial charge in [-0.2, -0.15) is 0 Å². The van der Waals surface area contributed by atoms with Crippen molar-refractivity contribution in [3.8, 4) is 0 Å². The number of rotatable bonds is 3. The largest absolute Gasteiger partial charge is 0.394 e. The number of hydrogen-bond acceptors (Lipinski definition) is 6. The van der Waals surface area contributed by atoms with Gasteiger partial charge in [0.15, 0.2) is 6.29 Å². The maximum Gasteiger partial charge on any atom is 0.175 e. The summed E-state index contributed by atoms with van der Waals surface area (Å²) in [5, 5.41) is 30.8. The Morgan fingerprint density at radius 3 is 2.43 bits per heavy atom. The van der Waals surface area contributed by atoms with E-state index in [1.54, 1.807) is 7.05 Å². The summed E-state index contributed by atoms with van der Waals surface area (Å²) in [7, 11) is 3.07. The number of nitrogens with one attached hydrogen (secondary N) is 1. The van der Waals surface area contributed by atoms with Gasteiger partial charge in [0, 0.05) is 7.11 Å². The molecule has 5 unspecified atom stereocenters. The SMILES string of the molecule is CNC1C(OC)OC(CO)C(O)C1O. The van der Waals surface area contributed by atoms with Gasteiger partial charge in [-0.25, -0.2) is 0 Å². The lowest BCUT2D eigenvalue weighted by atomic mass is 9.97. The van der Waals surface area contributed by atoms with E-state index in [1.807, 2.05) is 0 Å². The van der Waals surface area contributed by atoms with Crippen molar-refractivity contribution >= 4 is 0 Å². The van der Waals surface area contributed by atoms with Crippen LogP contribution in [0, 0.1) is 0 Å². The summed E-state index contributed by atoms with van der Waals surface area (Å²) in [4.78, 5) is 0. The van der Waals surface area contributed by atoms with Crippen LogP contribution < -0.4 is 5.32 Å². The highest BCUT2D eigenvalue weighted by molar-refractivity contribution is 4.92. The van der Waals surface area contributed by atoms with Crippen molar-refractivity contribution in [3.05, 3.63) is 0 Å². The molecule has 0 aliphatic carbocycles. The number of hydrogen-bond donors (Lipinski definition) is 4. The molecule has 0 saturated carbocycles. The van der Waals surface area contributed by atoms with Gasteiger partial charge in [-0.1, -0.05) is 0 Å². The van der Waals surface area contributed by atoms with Gasteiger partial charge < -0.3 is 30.1 Å². The van der Waals surface area contributed by atoms with Crippen LogP contribution in [0.5, 0.6) is 0 Å². The van der Waals surface area contributed by atoms with Gasteiger partial charge in [0.25, 0.3) is 0 Å². The monoisotopic (exact) mass is 207 g/mol. The van der Waals surface area contributed by atoms with Crippen LogP contribution in [-0.2, 0) is 9.47 Å². The summed E-state index contributed by atoms with van der Waals surface area (Å²) in [6.07, 6.45) is -3.60. The average molecular weight is 207 g/mol. The molecule has 6 heteroatoms. The third-order valence-corrected chi connectivity index (χ3v) is 2.45. The molecule has 1 fully saturated rings. The van der Waals surface area contributed by atoms with E-state index in [0.29, 0.717) is 0 Å². The Hall–Kier alpha value is -0.240.